The molecule has 1 aliphatic heterocycles. The number of piperazine rings is 1. The van der Waals surface area contributed by atoms with Crippen LogP contribution in [-0.4, -0.2) is 60.8 Å². The van der Waals surface area contributed by atoms with E-state index in [2.05, 4.69) is 15.1 Å². The third kappa shape index (κ3) is 5.18. The van der Waals surface area contributed by atoms with E-state index in [0.717, 1.165) is 38.3 Å². The Morgan fingerprint density at radius 1 is 1.21 bits per heavy atom. The minimum absolute atomic E-state index is 0.0377. The van der Waals surface area contributed by atoms with Crippen LogP contribution in [0.3, 0.4) is 0 Å². The van der Waals surface area contributed by atoms with E-state index >= 15 is 0 Å². The number of aliphatic hydroxyl groups excluding tert-OH is 1. The van der Waals surface area contributed by atoms with E-state index in [9.17, 15) is 9.18 Å². The van der Waals surface area contributed by atoms with Crippen LogP contribution in [0.15, 0.2) is 24.3 Å². The standard InChI is InChI=1S/C18H28FN3O2/c1-14(4-3-13-23)20-18(24)15(2)21-9-11-22(12-10-21)17-7-5-16(19)6-8-17/h5-8,14-15,23H,3-4,9-13H2,1-2H3,(H,20,24). The first-order valence-electron chi connectivity index (χ1n) is 8.67. The maximum absolute atomic E-state index is 13.0. The molecule has 0 saturated carbocycles. The lowest BCUT2D eigenvalue weighted by atomic mass is 10.1. The summed E-state index contributed by atoms with van der Waals surface area (Å²) in [5.41, 5.74) is 1.02. The van der Waals surface area contributed by atoms with Gasteiger partial charge in [-0.15, -0.1) is 0 Å². The van der Waals surface area contributed by atoms with Crippen LogP contribution in [0, 0.1) is 5.82 Å². The largest absolute Gasteiger partial charge is 0.396 e. The average Bonchev–Trinajstić information content (AvgIpc) is 2.60. The summed E-state index contributed by atoms with van der Waals surface area (Å²) in [5, 5.41) is 11.9. The third-order valence-electron chi connectivity index (χ3n) is 4.62. The first-order chi connectivity index (χ1) is 11.5. The highest BCUT2D eigenvalue weighted by atomic mass is 19.1. The molecule has 2 atom stereocenters. The van der Waals surface area contributed by atoms with Gasteiger partial charge in [0.1, 0.15) is 5.82 Å². The number of nitrogens with one attached hydrogen (secondary N) is 1. The van der Waals surface area contributed by atoms with Crippen molar-refractivity contribution in [1.29, 1.82) is 0 Å². The van der Waals surface area contributed by atoms with Gasteiger partial charge in [0.2, 0.25) is 5.91 Å². The van der Waals surface area contributed by atoms with Crippen molar-refractivity contribution in [3.63, 3.8) is 0 Å². The second-order valence-corrected chi connectivity index (χ2v) is 6.45. The summed E-state index contributed by atoms with van der Waals surface area (Å²) in [6.07, 6.45) is 1.49. The molecule has 1 heterocycles. The molecule has 1 aromatic carbocycles. The van der Waals surface area contributed by atoms with Crippen molar-refractivity contribution in [3.8, 4) is 0 Å². The number of carbonyl (C=O) groups excluding carboxylic acids is 1. The molecule has 0 aromatic heterocycles. The third-order valence-corrected chi connectivity index (χ3v) is 4.62. The van der Waals surface area contributed by atoms with E-state index in [1.54, 1.807) is 12.1 Å². The number of hydrogen-bond donors (Lipinski definition) is 2. The average molecular weight is 337 g/mol. The first kappa shape index (κ1) is 18.7. The maximum Gasteiger partial charge on any atom is 0.237 e. The van der Waals surface area contributed by atoms with Gasteiger partial charge in [-0.25, -0.2) is 4.39 Å². The van der Waals surface area contributed by atoms with E-state index in [4.69, 9.17) is 5.11 Å². The molecule has 6 heteroatoms. The zero-order valence-corrected chi connectivity index (χ0v) is 14.5. The summed E-state index contributed by atoms with van der Waals surface area (Å²) < 4.78 is 13.0. The smallest absolute Gasteiger partial charge is 0.237 e. The number of aliphatic hydroxyl groups is 1. The molecular weight excluding hydrogens is 309 g/mol. The predicted molar refractivity (Wildman–Crippen MR) is 93.6 cm³/mol. The number of amides is 1. The van der Waals surface area contributed by atoms with Gasteiger partial charge in [0.15, 0.2) is 0 Å². The number of anilines is 1. The predicted octanol–water partition coefficient (Wildman–Crippen LogP) is 1.61. The molecule has 1 aromatic rings. The molecule has 1 amide bonds. The fourth-order valence-corrected chi connectivity index (χ4v) is 3.02. The Kier molecular flexibility index (Phi) is 6.99. The summed E-state index contributed by atoms with van der Waals surface area (Å²) in [4.78, 5) is 16.7. The lowest BCUT2D eigenvalue weighted by Gasteiger charge is -2.38. The number of halogens is 1. The van der Waals surface area contributed by atoms with Gasteiger partial charge < -0.3 is 15.3 Å². The van der Waals surface area contributed by atoms with Crippen molar-refractivity contribution in [2.45, 2.75) is 38.8 Å². The van der Waals surface area contributed by atoms with E-state index < -0.39 is 0 Å². The fourth-order valence-electron chi connectivity index (χ4n) is 3.02. The summed E-state index contributed by atoms with van der Waals surface area (Å²) >= 11 is 0. The number of carbonyl (C=O) groups is 1. The van der Waals surface area contributed by atoms with Gasteiger partial charge in [0, 0.05) is 44.5 Å². The van der Waals surface area contributed by atoms with Gasteiger partial charge in [-0.05, 0) is 51.0 Å². The van der Waals surface area contributed by atoms with Gasteiger partial charge in [-0.3, -0.25) is 9.69 Å². The molecular formula is C18H28FN3O2. The Labute approximate surface area is 143 Å². The van der Waals surface area contributed by atoms with Gasteiger partial charge in [0.05, 0.1) is 6.04 Å². The first-order valence-corrected chi connectivity index (χ1v) is 8.67. The van der Waals surface area contributed by atoms with Gasteiger partial charge in [-0.2, -0.15) is 0 Å². The Bertz CT molecular complexity index is 516. The van der Waals surface area contributed by atoms with Crippen LogP contribution in [0.25, 0.3) is 0 Å². The summed E-state index contributed by atoms with van der Waals surface area (Å²) in [6, 6.07) is 6.45. The molecule has 1 fully saturated rings. The van der Waals surface area contributed by atoms with Gasteiger partial charge in [0.25, 0.3) is 0 Å². The minimum Gasteiger partial charge on any atom is -0.396 e. The van der Waals surface area contributed by atoms with E-state index in [-0.39, 0.29) is 30.4 Å². The van der Waals surface area contributed by atoms with Crippen LogP contribution < -0.4 is 10.2 Å². The van der Waals surface area contributed by atoms with Crippen molar-refractivity contribution in [2.75, 3.05) is 37.7 Å². The Balaban J connectivity index is 1.80. The molecule has 0 radical (unpaired) electrons. The van der Waals surface area contributed by atoms with E-state index in [1.165, 1.54) is 12.1 Å². The second kappa shape index (κ2) is 8.99. The lowest BCUT2D eigenvalue weighted by molar-refractivity contribution is -0.126. The highest BCUT2D eigenvalue weighted by Gasteiger charge is 2.26. The maximum atomic E-state index is 13.0. The zero-order valence-electron chi connectivity index (χ0n) is 14.5. The summed E-state index contributed by atoms with van der Waals surface area (Å²) in [7, 11) is 0. The second-order valence-electron chi connectivity index (χ2n) is 6.45. The number of rotatable bonds is 7. The van der Waals surface area contributed by atoms with Crippen LogP contribution in [0.2, 0.25) is 0 Å². The SMILES string of the molecule is CC(CCCO)NC(=O)C(C)N1CCN(c2ccc(F)cc2)CC1. The van der Waals surface area contributed by atoms with Crippen molar-refractivity contribution < 1.29 is 14.3 Å². The topological polar surface area (TPSA) is 55.8 Å². The Morgan fingerprint density at radius 3 is 2.42 bits per heavy atom. The van der Waals surface area contributed by atoms with Crippen LogP contribution >= 0.6 is 0 Å². The molecule has 2 N–H and O–H groups in total. The van der Waals surface area contributed by atoms with Crippen LogP contribution in [0.1, 0.15) is 26.7 Å². The molecule has 1 aliphatic rings. The normalized spacial score (nSPS) is 18.2. The molecule has 2 unspecified atom stereocenters. The highest BCUT2D eigenvalue weighted by Crippen LogP contribution is 2.17. The van der Waals surface area contributed by atoms with Crippen molar-refractivity contribution >= 4 is 11.6 Å². The van der Waals surface area contributed by atoms with Crippen LogP contribution in [0.4, 0.5) is 10.1 Å². The molecule has 0 spiro atoms. The molecule has 5 nitrogen and oxygen atoms in total. The minimum atomic E-state index is -0.224. The molecule has 134 valence electrons. The monoisotopic (exact) mass is 337 g/mol. The fraction of sp³-hybridized carbons (Fsp3) is 0.611. The molecule has 24 heavy (non-hydrogen) atoms. The van der Waals surface area contributed by atoms with Gasteiger partial charge in [-0.1, -0.05) is 0 Å². The molecule has 0 aliphatic carbocycles. The quantitative estimate of drug-likeness (QED) is 0.794. The van der Waals surface area contributed by atoms with Crippen molar-refractivity contribution in [3.05, 3.63) is 30.1 Å². The van der Waals surface area contributed by atoms with Crippen molar-refractivity contribution in [1.82, 2.24) is 10.2 Å². The molecule has 2 rings (SSSR count). The zero-order chi connectivity index (χ0) is 17.5. The van der Waals surface area contributed by atoms with E-state index in [1.807, 2.05) is 13.8 Å². The van der Waals surface area contributed by atoms with Crippen LogP contribution in [-0.2, 0) is 4.79 Å². The van der Waals surface area contributed by atoms with Crippen LogP contribution in [0.5, 0.6) is 0 Å². The summed E-state index contributed by atoms with van der Waals surface area (Å²) in [5.74, 6) is -0.186. The van der Waals surface area contributed by atoms with Gasteiger partial charge >= 0.3 is 0 Å². The van der Waals surface area contributed by atoms with E-state index in [0.29, 0.717) is 6.42 Å². The van der Waals surface area contributed by atoms with Crippen molar-refractivity contribution in [2.24, 2.45) is 0 Å². The Hall–Kier alpha value is -1.66. The molecule has 1 saturated heterocycles. The Morgan fingerprint density at radius 2 is 1.83 bits per heavy atom. The number of benzene rings is 1. The number of nitrogens with zero attached hydrogens (tertiary/aromatic N) is 2. The lowest BCUT2D eigenvalue weighted by Crippen LogP contribution is -2.54. The highest BCUT2D eigenvalue weighted by molar-refractivity contribution is 5.81. The summed E-state index contributed by atoms with van der Waals surface area (Å²) in [6.45, 7) is 7.30. The number of hydrogen-bond acceptors (Lipinski definition) is 4. The molecule has 0 bridgehead atoms.